The molecule has 0 aromatic carbocycles. The van der Waals surface area contributed by atoms with Crippen molar-refractivity contribution in [1.29, 1.82) is 0 Å². The minimum Gasteiger partial charge on any atom is -0.262 e. The van der Waals surface area contributed by atoms with Gasteiger partial charge in [-0.2, -0.15) is 0 Å². The molecule has 0 atom stereocenters. The smallest absolute Gasteiger partial charge is 0.152 e. The summed E-state index contributed by atoms with van der Waals surface area (Å²) >= 11 is 1.32. The van der Waals surface area contributed by atoms with Crippen LogP contribution < -0.4 is 0 Å². The van der Waals surface area contributed by atoms with Gasteiger partial charge in [-0.15, -0.1) is 11.3 Å². The van der Waals surface area contributed by atoms with Crippen molar-refractivity contribution < 1.29 is 4.39 Å². The summed E-state index contributed by atoms with van der Waals surface area (Å²) in [6.45, 7) is 0. The van der Waals surface area contributed by atoms with Crippen LogP contribution >= 0.6 is 11.3 Å². The van der Waals surface area contributed by atoms with Gasteiger partial charge in [0.2, 0.25) is 0 Å². The molecule has 0 amide bonds. The number of thiazole rings is 1. The van der Waals surface area contributed by atoms with Crippen LogP contribution in [0.3, 0.4) is 0 Å². The van der Waals surface area contributed by atoms with Gasteiger partial charge in [-0.1, -0.05) is 0 Å². The Morgan fingerprint density at radius 1 is 1.50 bits per heavy atom. The summed E-state index contributed by atoms with van der Waals surface area (Å²) in [4.78, 5) is 7.52. The molecule has 0 fully saturated rings. The van der Waals surface area contributed by atoms with Gasteiger partial charge in [-0.05, 0) is 6.07 Å². The summed E-state index contributed by atoms with van der Waals surface area (Å²) in [7, 11) is 0. The Bertz CT molecular complexity index is 372. The standard InChI is InChI=1S/C8H4FN2S/c9-7-3-10-2-1-6(7)8-4-12-5-11-8/h1-4H. The van der Waals surface area contributed by atoms with Crippen LogP contribution in [-0.4, -0.2) is 9.97 Å². The second-order valence-electron chi connectivity index (χ2n) is 2.18. The Labute approximate surface area is 72.7 Å². The fourth-order valence-corrected chi connectivity index (χ4v) is 1.39. The van der Waals surface area contributed by atoms with Crippen LogP contribution in [0.15, 0.2) is 23.8 Å². The summed E-state index contributed by atoms with van der Waals surface area (Å²) in [6.07, 6.45) is 2.71. The molecule has 12 heavy (non-hydrogen) atoms. The molecule has 0 saturated carbocycles. The molecule has 2 aromatic heterocycles. The van der Waals surface area contributed by atoms with Gasteiger partial charge >= 0.3 is 0 Å². The Balaban J connectivity index is 2.55. The number of rotatable bonds is 1. The molecule has 0 saturated heterocycles. The Morgan fingerprint density at radius 2 is 2.42 bits per heavy atom. The predicted octanol–water partition coefficient (Wildman–Crippen LogP) is 2.14. The van der Waals surface area contributed by atoms with E-state index in [0.29, 0.717) is 11.3 Å². The topological polar surface area (TPSA) is 25.8 Å². The number of aromatic nitrogens is 2. The average molecular weight is 179 g/mol. The molecular weight excluding hydrogens is 175 g/mol. The normalized spacial score (nSPS) is 10.1. The van der Waals surface area contributed by atoms with Gasteiger partial charge < -0.3 is 0 Å². The number of hydrogen-bond acceptors (Lipinski definition) is 3. The van der Waals surface area contributed by atoms with Crippen LogP contribution in [0, 0.1) is 11.3 Å². The summed E-state index contributed by atoms with van der Waals surface area (Å²) in [5.74, 6) is -0.350. The highest BCUT2D eigenvalue weighted by Gasteiger charge is 2.05. The number of pyridine rings is 1. The van der Waals surface area contributed by atoms with Gasteiger partial charge in [-0.25, -0.2) is 9.37 Å². The zero-order valence-electron chi connectivity index (χ0n) is 5.99. The molecule has 1 radical (unpaired) electrons. The second-order valence-corrected chi connectivity index (χ2v) is 2.83. The molecule has 0 bridgehead atoms. The number of nitrogens with zero attached hydrogens (tertiary/aromatic N) is 2. The van der Waals surface area contributed by atoms with Gasteiger partial charge in [0.05, 0.1) is 11.9 Å². The van der Waals surface area contributed by atoms with Crippen molar-refractivity contribution >= 4 is 11.3 Å². The molecule has 4 heteroatoms. The lowest BCUT2D eigenvalue weighted by Gasteiger charge is -1.95. The fourth-order valence-electron chi connectivity index (χ4n) is 0.891. The van der Waals surface area contributed by atoms with Crippen LogP contribution in [0.1, 0.15) is 0 Å². The van der Waals surface area contributed by atoms with Gasteiger partial charge in [0.25, 0.3) is 0 Å². The van der Waals surface area contributed by atoms with Gasteiger partial charge in [0.1, 0.15) is 0 Å². The highest BCUT2D eigenvalue weighted by atomic mass is 32.1. The van der Waals surface area contributed by atoms with Crippen molar-refractivity contribution in [3.8, 4) is 11.3 Å². The van der Waals surface area contributed by atoms with Crippen LogP contribution in [0.25, 0.3) is 11.3 Å². The summed E-state index contributed by atoms with van der Waals surface area (Å²) < 4.78 is 13.0. The van der Waals surface area contributed by atoms with E-state index in [1.165, 1.54) is 23.7 Å². The number of hydrogen-bond donors (Lipinski definition) is 0. The van der Waals surface area contributed by atoms with Crippen molar-refractivity contribution in [2.75, 3.05) is 0 Å². The lowest BCUT2D eigenvalue weighted by Crippen LogP contribution is -1.84. The van der Waals surface area contributed by atoms with Crippen LogP contribution in [-0.2, 0) is 0 Å². The third-order valence-corrected chi connectivity index (χ3v) is 1.98. The molecular formula is C8H4FN2S. The fraction of sp³-hybridized carbons (Fsp3) is 0. The van der Waals surface area contributed by atoms with E-state index in [1.807, 2.05) is 0 Å². The predicted molar refractivity (Wildman–Crippen MR) is 44.1 cm³/mol. The molecule has 59 valence electrons. The van der Waals surface area contributed by atoms with Crippen molar-refractivity contribution in [2.45, 2.75) is 0 Å². The average Bonchev–Trinajstić information content (AvgIpc) is 2.57. The van der Waals surface area contributed by atoms with Crippen molar-refractivity contribution in [2.24, 2.45) is 0 Å². The largest absolute Gasteiger partial charge is 0.262 e. The van der Waals surface area contributed by atoms with E-state index in [-0.39, 0.29) is 5.82 Å². The SMILES string of the molecule is Fc1cnccc1-c1cs[c]n1. The summed E-state index contributed by atoms with van der Waals surface area (Å²) in [5.41, 5.74) is 3.75. The van der Waals surface area contributed by atoms with E-state index in [4.69, 9.17) is 0 Å². The molecule has 2 rings (SSSR count). The number of halogens is 1. The maximum Gasteiger partial charge on any atom is 0.152 e. The first-order chi connectivity index (χ1) is 5.88. The molecule has 0 N–H and O–H groups in total. The highest BCUT2D eigenvalue weighted by Crippen LogP contribution is 2.20. The molecule has 0 unspecified atom stereocenters. The molecule has 0 aliphatic carbocycles. The first-order valence-corrected chi connectivity index (χ1v) is 4.17. The Kier molecular flexibility index (Phi) is 1.83. The van der Waals surface area contributed by atoms with E-state index in [2.05, 4.69) is 15.5 Å². The highest BCUT2D eigenvalue weighted by molar-refractivity contribution is 7.07. The maximum absolute atomic E-state index is 13.0. The van der Waals surface area contributed by atoms with Gasteiger partial charge in [0, 0.05) is 17.1 Å². The zero-order valence-corrected chi connectivity index (χ0v) is 6.81. The first kappa shape index (κ1) is 7.36. The van der Waals surface area contributed by atoms with Gasteiger partial charge in [-0.3, -0.25) is 4.98 Å². The Morgan fingerprint density at radius 3 is 3.08 bits per heavy atom. The summed E-state index contributed by atoms with van der Waals surface area (Å²) in [6, 6.07) is 1.60. The maximum atomic E-state index is 13.0. The van der Waals surface area contributed by atoms with Crippen molar-refractivity contribution in [3.63, 3.8) is 0 Å². The van der Waals surface area contributed by atoms with Crippen LogP contribution in [0.2, 0.25) is 0 Å². The van der Waals surface area contributed by atoms with E-state index in [0.717, 1.165) is 0 Å². The van der Waals surface area contributed by atoms with E-state index in [9.17, 15) is 4.39 Å². The molecule has 2 heterocycles. The third kappa shape index (κ3) is 1.21. The molecule has 2 nitrogen and oxygen atoms in total. The monoisotopic (exact) mass is 179 g/mol. The van der Waals surface area contributed by atoms with E-state index in [1.54, 1.807) is 11.4 Å². The third-order valence-electron chi connectivity index (χ3n) is 1.44. The molecule has 0 aliphatic heterocycles. The van der Waals surface area contributed by atoms with Crippen molar-refractivity contribution in [3.05, 3.63) is 35.2 Å². The minimum atomic E-state index is -0.350. The van der Waals surface area contributed by atoms with Crippen molar-refractivity contribution in [1.82, 2.24) is 9.97 Å². The summed E-state index contributed by atoms with van der Waals surface area (Å²) in [5, 5.41) is 1.75. The van der Waals surface area contributed by atoms with Crippen LogP contribution in [0.5, 0.6) is 0 Å². The van der Waals surface area contributed by atoms with Crippen LogP contribution in [0.4, 0.5) is 4.39 Å². The van der Waals surface area contributed by atoms with Gasteiger partial charge in [0.15, 0.2) is 11.3 Å². The second kappa shape index (κ2) is 2.98. The molecule has 2 aromatic rings. The molecule has 0 aliphatic rings. The quantitative estimate of drug-likeness (QED) is 0.670. The van der Waals surface area contributed by atoms with E-state index < -0.39 is 0 Å². The lowest BCUT2D eigenvalue weighted by molar-refractivity contribution is 0.624. The minimum absolute atomic E-state index is 0.350. The first-order valence-electron chi connectivity index (χ1n) is 3.29. The van der Waals surface area contributed by atoms with E-state index >= 15 is 0 Å². The lowest BCUT2D eigenvalue weighted by atomic mass is 10.2. The molecule has 0 spiro atoms. The Hall–Kier alpha value is -1.29. The zero-order chi connectivity index (χ0) is 8.39.